The van der Waals surface area contributed by atoms with E-state index in [4.69, 9.17) is 16.3 Å². The lowest BCUT2D eigenvalue weighted by molar-refractivity contribution is 0.119. The second kappa shape index (κ2) is 6.09. The highest BCUT2D eigenvalue weighted by atomic mass is 35.5. The second-order valence-corrected chi connectivity index (χ2v) is 5.25. The normalized spacial score (nSPS) is 14.7. The van der Waals surface area contributed by atoms with Crippen molar-refractivity contribution in [2.75, 3.05) is 5.32 Å². The summed E-state index contributed by atoms with van der Waals surface area (Å²) in [6.07, 6.45) is 7.12. The zero-order valence-corrected chi connectivity index (χ0v) is 11.8. The van der Waals surface area contributed by atoms with Gasteiger partial charge >= 0.3 is 0 Å². The van der Waals surface area contributed by atoms with Crippen LogP contribution in [-0.2, 0) is 6.54 Å². The maximum Gasteiger partial charge on any atom is 0.149 e. The summed E-state index contributed by atoms with van der Waals surface area (Å²) in [6, 6.07) is 8.07. The smallest absolute Gasteiger partial charge is 0.149 e. The lowest BCUT2D eigenvalue weighted by Crippen LogP contribution is -2.25. The molecule has 20 heavy (non-hydrogen) atoms. The van der Waals surface area contributed by atoms with Crippen LogP contribution in [0.15, 0.2) is 36.7 Å². The van der Waals surface area contributed by atoms with Crippen LogP contribution in [0.25, 0.3) is 0 Å². The molecule has 1 saturated carbocycles. The third kappa shape index (κ3) is 3.20. The number of rotatable bonds is 5. The molecule has 0 saturated heterocycles. The monoisotopic (exact) mass is 289 g/mol. The molecule has 0 amide bonds. The maximum absolute atomic E-state index is 5.99. The highest BCUT2D eigenvalue weighted by molar-refractivity contribution is 6.29. The van der Waals surface area contributed by atoms with Gasteiger partial charge in [-0.05, 0) is 25.3 Å². The highest BCUT2D eigenvalue weighted by Crippen LogP contribution is 2.27. The largest absolute Gasteiger partial charge is 0.490 e. The highest BCUT2D eigenvalue weighted by Gasteiger charge is 2.20. The van der Waals surface area contributed by atoms with Gasteiger partial charge in [0.2, 0.25) is 0 Å². The first kappa shape index (κ1) is 13.2. The summed E-state index contributed by atoms with van der Waals surface area (Å²) < 4.78 is 5.99. The van der Waals surface area contributed by atoms with Crippen molar-refractivity contribution in [3.05, 3.63) is 47.4 Å². The van der Waals surface area contributed by atoms with E-state index in [0.29, 0.717) is 23.6 Å². The third-order valence-corrected chi connectivity index (χ3v) is 3.57. The van der Waals surface area contributed by atoms with Gasteiger partial charge in [0.05, 0.1) is 18.5 Å². The number of aromatic nitrogens is 2. The number of hydrogen-bond acceptors (Lipinski definition) is 4. The molecule has 0 atom stereocenters. The number of para-hydroxylation sites is 1. The number of ether oxygens (including phenoxy) is 1. The molecule has 1 aliphatic rings. The Morgan fingerprint density at radius 1 is 1.25 bits per heavy atom. The van der Waals surface area contributed by atoms with E-state index < -0.39 is 0 Å². The Kier molecular flexibility index (Phi) is 4.02. The number of halogens is 1. The van der Waals surface area contributed by atoms with Crippen molar-refractivity contribution in [3.8, 4) is 5.75 Å². The van der Waals surface area contributed by atoms with Gasteiger partial charge in [-0.2, -0.15) is 0 Å². The standard InChI is InChI=1S/C15H16ClN3O/c16-14-9-17-10-15(19-14)18-8-11-4-1-2-7-13(11)20-12-5-3-6-12/h1-2,4,7,9-10,12H,3,5-6,8H2,(H,18,19). The molecule has 0 bridgehead atoms. The van der Waals surface area contributed by atoms with Crippen molar-refractivity contribution in [1.82, 2.24) is 9.97 Å². The first-order chi connectivity index (χ1) is 9.81. The van der Waals surface area contributed by atoms with Crippen LogP contribution in [0.1, 0.15) is 24.8 Å². The van der Waals surface area contributed by atoms with E-state index in [1.807, 2.05) is 18.2 Å². The molecule has 0 aliphatic heterocycles. The van der Waals surface area contributed by atoms with Crippen molar-refractivity contribution in [2.24, 2.45) is 0 Å². The van der Waals surface area contributed by atoms with Crippen LogP contribution >= 0.6 is 11.6 Å². The molecule has 0 spiro atoms. The van der Waals surface area contributed by atoms with E-state index in [1.54, 1.807) is 6.20 Å². The Bertz CT molecular complexity index is 587. The number of hydrogen-bond donors (Lipinski definition) is 1. The summed E-state index contributed by atoms with van der Waals surface area (Å²) in [5.74, 6) is 1.61. The van der Waals surface area contributed by atoms with Gasteiger partial charge in [-0.3, -0.25) is 4.98 Å². The zero-order chi connectivity index (χ0) is 13.8. The molecule has 0 radical (unpaired) electrons. The van der Waals surface area contributed by atoms with E-state index in [0.717, 1.165) is 24.2 Å². The molecule has 2 aromatic rings. The molecule has 1 aromatic heterocycles. The average Bonchev–Trinajstić information content (AvgIpc) is 2.42. The van der Waals surface area contributed by atoms with E-state index in [9.17, 15) is 0 Å². The van der Waals surface area contributed by atoms with E-state index in [1.165, 1.54) is 12.6 Å². The first-order valence-electron chi connectivity index (χ1n) is 6.77. The lowest BCUT2D eigenvalue weighted by Gasteiger charge is -2.27. The Hall–Kier alpha value is -1.81. The summed E-state index contributed by atoms with van der Waals surface area (Å²) in [4.78, 5) is 8.16. The number of nitrogens with zero attached hydrogens (tertiary/aromatic N) is 2. The van der Waals surface area contributed by atoms with Crippen LogP contribution in [0.2, 0.25) is 5.15 Å². The van der Waals surface area contributed by atoms with Crippen molar-refractivity contribution in [2.45, 2.75) is 31.9 Å². The average molecular weight is 290 g/mol. The summed E-state index contributed by atoms with van der Waals surface area (Å²) in [5.41, 5.74) is 1.11. The van der Waals surface area contributed by atoms with Gasteiger partial charge in [0.1, 0.15) is 16.7 Å². The molecule has 1 heterocycles. The van der Waals surface area contributed by atoms with Crippen LogP contribution < -0.4 is 10.1 Å². The Balaban J connectivity index is 1.67. The van der Waals surface area contributed by atoms with Crippen molar-refractivity contribution < 1.29 is 4.74 Å². The van der Waals surface area contributed by atoms with Gasteiger partial charge in [0.15, 0.2) is 0 Å². The predicted octanol–water partition coefficient (Wildman–Crippen LogP) is 3.67. The summed E-state index contributed by atoms with van der Waals surface area (Å²) >= 11 is 5.81. The number of benzene rings is 1. The van der Waals surface area contributed by atoms with Gasteiger partial charge in [-0.1, -0.05) is 29.8 Å². The van der Waals surface area contributed by atoms with Crippen LogP contribution in [-0.4, -0.2) is 16.1 Å². The summed E-state index contributed by atoms with van der Waals surface area (Å²) in [5, 5.41) is 3.60. The number of nitrogens with one attached hydrogen (secondary N) is 1. The quantitative estimate of drug-likeness (QED) is 0.912. The van der Waals surface area contributed by atoms with E-state index in [-0.39, 0.29) is 0 Å². The molecule has 5 heteroatoms. The summed E-state index contributed by atoms with van der Waals surface area (Å²) in [7, 11) is 0. The Morgan fingerprint density at radius 3 is 2.85 bits per heavy atom. The van der Waals surface area contributed by atoms with Crippen molar-refractivity contribution >= 4 is 17.4 Å². The summed E-state index contributed by atoms with van der Waals surface area (Å²) in [6.45, 7) is 0.637. The van der Waals surface area contributed by atoms with Gasteiger partial charge < -0.3 is 10.1 Å². The van der Waals surface area contributed by atoms with Gasteiger partial charge in [0.25, 0.3) is 0 Å². The van der Waals surface area contributed by atoms with E-state index >= 15 is 0 Å². The molecule has 4 nitrogen and oxygen atoms in total. The van der Waals surface area contributed by atoms with Crippen LogP contribution in [0.4, 0.5) is 5.82 Å². The van der Waals surface area contributed by atoms with Gasteiger partial charge in [-0.15, -0.1) is 0 Å². The number of anilines is 1. The molecule has 1 N–H and O–H groups in total. The lowest BCUT2D eigenvalue weighted by atomic mass is 9.96. The maximum atomic E-state index is 5.99. The fraction of sp³-hybridized carbons (Fsp3) is 0.333. The fourth-order valence-corrected chi connectivity index (χ4v) is 2.19. The minimum Gasteiger partial charge on any atom is -0.490 e. The van der Waals surface area contributed by atoms with Crippen molar-refractivity contribution in [3.63, 3.8) is 0 Å². The molecule has 104 valence electrons. The fourth-order valence-electron chi connectivity index (χ4n) is 2.05. The van der Waals surface area contributed by atoms with E-state index in [2.05, 4.69) is 21.4 Å². The van der Waals surface area contributed by atoms with Gasteiger partial charge in [-0.25, -0.2) is 4.98 Å². The first-order valence-corrected chi connectivity index (χ1v) is 7.15. The Morgan fingerprint density at radius 2 is 2.10 bits per heavy atom. The molecule has 1 aliphatic carbocycles. The Labute approximate surface area is 123 Å². The molecule has 3 rings (SSSR count). The van der Waals surface area contributed by atoms with Crippen LogP contribution in [0.3, 0.4) is 0 Å². The molecule has 1 fully saturated rings. The minimum atomic E-state index is 0.377. The van der Waals surface area contributed by atoms with Gasteiger partial charge in [0, 0.05) is 12.1 Å². The van der Waals surface area contributed by atoms with Crippen molar-refractivity contribution in [1.29, 1.82) is 0 Å². The SMILES string of the molecule is Clc1cncc(NCc2ccccc2OC2CCC2)n1. The second-order valence-electron chi connectivity index (χ2n) is 4.86. The topological polar surface area (TPSA) is 47.0 Å². The molecular formula is C15H16ClN3O. The third-order valence-electron chi connectivity index (χ3n) is 3.38. The molecular weight excluding hydrogens is 274 g/mol. The predicted molar refractivity (Wildman–Crippen MR) is 79.1 cm³/mol. The zero-order valence-electron chi connectivity index (χ0n) is 11.1. The van der Waals surface area contributed by atoms with Crippen LogP contribution in [0, 0.1) is 0 Å². The molecule has 0 unspecified atom stereocenters. The minimum absolute atomic E-state index is 0.377. The molecule has 1 aromatic carbocycles. The van der Waals surface area contributed by atoms with Crippen LogP contribution in [0.5, 0.6) is 5.75 Å².